The molecule has 3 N–H and O–H groups in total. The van der Waals surface area contributed by atoms with E-state index in [-0.39, 0.29) is 5.41 Å². The van der Waals surface area contributed by atoms with Crippen LogP contribution in [0.2, 0.25) is 0 Å². The highest BCUT2D eigenvalue weighted by atomic mass is 16.5. The summed E-state index contributed by atoms with van der Waals surface area (Å²) in [6.45, 7) is 6.94. The molecule has 1 aromatic heterocycles. The maximum absolute atomic E-state index is 5.92. The van der Waals surface area contributed by atoms with Crippen LogP contribution >= 0.6 is 0 Å². The molecule has 0 aliphatic heterocycles. The molecule has 0 fully saturated rings. The van der Waals surface area contributed by atoms with E-state index in [9.17, 15) is 0 Å². The Bertz CT molecular complexity index is 576. The summed E-state index contributed by atoms with van der Waals surface area (Å²) in [4.78, 5) is 4.34. The molecule has 4 nitrogen and oxygen atoms in total. The van der Waals surface area contributed by atoms with Crippen molar-refractivity contribution in [3.8, 4) is 5.75 Å². The fraction of sp³-hybridized carbons (Fsp3) is 0.312. The predicted octanol–water partition coefficient (Wildman–Crippen LogP) is 3.24. The molecule has 0 spiro atoms. The van der Waals surface area contributed by atoms with Crippen LogP contribution in [0.4, 0.5) is 5.82 Å². The van der Waals surface area contributed by atoms with Crippen LogP contribution in [0.1, 0.15) is 32.0 Å². The van der Waals surface area contributed by atoms with Gasteiger partial charge in [0.25, 0.3) is 0 Å². The van der Waals surface area contributed by atoms with Crippen molar-refractivity contribution in [1.29, 1.82) is 0 Å². The van der Waals surface area contributed by atoms with Gasteiger partial charge in [0.1, 0.15) is 18.2 Å². The quantitative estimate of drug-likeness (QED) is 0.662. The number of nitrogens with two attached hydrogens (primary N) is 1. The molecule has 0 unspecified atom stereocenters. The molecule has 0 amide bonds. The Morgan fingerprint density at radius 2 is 1.85 bits per heavy atom. The maximum atomic E-state index is 5.92. The van der Waals surface area contributed by atoms with Gasteiger partial charge in [-0.1, -0.05) is 45.0 Å². The molecule has 2 aromatic rings. The van der Waals surface area contributed by atoms with E-state index in [1.807, 2.05) is 36.4 Å². The molecule has 0 radical (unpaired) electrons. The standard InChI is InChI=1S/C16H21N3O/c1-16(2,3)13-8-4-5-9-14(13)20-11-12-7-6-10-15(18-12)19-17/h4-10H,11,17H2,1-3H3,(H,18,19). The van der Waals surface area contributed by atoms with E-state index >= 15 is 0 Å². The SMILES string of the molecule is CC(C)(C)c1ccccc1OCc1cccc(NN)n1. The average Bonchev–Trinajstić information content (AvgIpc) is 2.44. The number of aromatic nitrogens is 1. The van der Waals surface area contributed by atoms with Gasteiger partial charge < -0.3 is 10.2 Å². The van der Waals surface area contributed by atoms with Crippen molar-refractivity contribution in [1.82, 2.24) is 4.98 Å². The van der Waals surface area contributed by atoms with Crippen molar-refractivity contribution < 1.29 is 4.74 Å². The van der Waals surface area contributed by atoms with Gasteiger partial charge in [0.15, 0.2) is 0 Å². The zero-order valence-electron chi connectivity index (χ0n) is 12.2. The van der Waals surface area contributed by atoms with Crippen LogP contribution in [0.15, 0.2) is 42.5 Å². The molecule has 0 aliphatic carbocycles. The Morgan fingerprint density at radius 3 is 2.55 bits per heavy atom. The number of hydrogen-bond donors (Lipinski definition) is 2. The zero-order valence-corrected chi connectivity index (χ0v) is 12.2. The summed E-state index contributed by atoms with van der Waals surface area (Å²) < 4.78 is 5.92. The van der Waals surface area contributed by atoms with Gasteiger partial charge in [-0.25, -0.2) is 10.8 Å². The van der Waals surface area contributed by atoms with Gasteiger partial charge in [-0.3, -0.25) is 0 Å². The second kappa shape index (κ2) is 5.92. The number of hydrazine groups is 1. The second-order valence-corrected chi connectivity index (χ2v) is 5.69. The summed E-state index contributed by atoms with van der Waals surface area (Å²) in [7, 11) is 0. The number of benzene rings is 1. The number of pyridine rings is 1. The normalized spacial score (nSPS) is 11.2. The number of para-hydroxylation sites is 1. The Kier molecular flexibility index (Phi) is 4.25. The molecule has 106 valence electrons. The van der Waals surface area contributed by atoms with Gasteiger partial charge in [0.05, 0.1) is 5.69 Å². The summed E-state index contributed by atoms with van der Waals surface area (Å²) in [5.41, 5.74) is 4.61. The minimum atomic E-state index is 0.0463. The molecule has 0 aliphatic rings. The van der Waals surface area contributed by atoms with Crippen LogP contribution in [-0.2, 0) is 12.0 Å². The number of nitrogen functional groups attached to an aromatic ring is 1. The van der Waals surface area contributed by atoms with Crippen LogP contribution in [0.25, 0.3) is 0 Å². The van der Waals surface area contributed by atoms with Crippen molar-refractivity contribution in [2.45, 2.75) is 32.8 Å². The number of hydrogen-bond acceptors (Lipinski definition) is 4. The predicted molar refractivity (Wildman–Crippen MR) is 81.5 cm³/mol. The number of ether oxygens (including phenoxy) is 1. The van der Waals surface area contributed by atoms with Crippen LogP contribution in [0.5, 0.6) is 5.75 Å². The van der Waals surface area contributed by atoms with Gasteiger partial charge in [-0.05, 0) is 29.2 Å². The molecule has 0 saturated carbocycles. The Labute approximate surface area is 120 Å². The fourth-order valence-corrected chi connectivity index (χ4v) is 2.00. The molecule has 1 heterocycles. The van der Waals surface area contributed by atoms with E-state index in [1.165, 1.54) is 5.56 Å². The lowest BCUT2D eigenvalue weighted by atomic mass is 9.86. The second-order valence-electron chi connectivity index (χ2n) is 5.69. The third-order valence-corrected chi connectivity index (χ3v) is 3.03. The minimum absolute atomic E-state index is 0.0463. The monoisotopic (exact) mass is 271 g/mol. The summed E-state index contributed by atoms with van der Waals surface area (Å²) in [6.07, 6.45) is 0. The number of nitrogens with zero attached hydrogens (tertiary/aromatic N) is 1. The largest absolute Gasteiger partial charge is 0.487 e. The third-order valence-electron chi connectivity index (χ3n) is 3.03. The number of rotatable bonds is 4. The van der Waals surface area contributed by atoms with Crippen LogP contribution in [0.3, 0.4) is 0 Å². The first-order chi connectivity index (χ1) is 9.50. The minimum Gasteiger partial charge on any atom is -0.487 e. The molecule has 0 atom stereocenters. The molecule has 0 saturated heterocycles. The average molecular weight is 271 g/mol. The fourth-order valence-electron chi connectivity index (χ4n) is 2.00. The Hall–Kier alpha value is -2.07. The van der Waals surface area contributed by atoms with Gasteiger partial charge in [0, 0.05) is 0 Å². The Morgan fingerprint density at radius 1 is 1.10 bits per heavy atom. The van der Waals surface area contributed by atoms with Crippen LogP contribution in [0, 0.1) is 0 Å². The lowest BCUT2D eigenvalue weighted by Gasteiger charge is -2.22. The molecule has 2 rings (SSSR count). The van der Waals surface area contributed by atoms with E-state index in [2.05, 4.69) is 37.2 Å². The smallest absolute Gasteiger partial charge is 0.140 e. The number of nitrogens with one attached hydrogen (secondary N) is 1. The van der Waals surface area contributed by atoms with Gasteiger partial charge >= 0.3 is 0 Å². The zero-order chi connectivity index (χ0) is 14.6. The third kappa shape index (κ3) is 3.48. The van der Waals surface area contributed by atoms with E-state index in [0.29, 0.717) is 12.4 Å². The number of anilines is 1. The van der Waals surface area contributed by atoms with Crippen molar-refractivity contribution in [3.63, 3.8) is 0 Å². The van der Waals surface area contributed by atoms with Crippen molar-refractivity contribution in [2.75, 3.05) is 5.43 Å². The molecule has 1 aromatic carbocycles. The van der Waals surface area contributed by atoms with Crippen LogP contribution in [-0.4, -0.2) is 4.98 Å². The van der Waals surface area contributed by atoms with Crippen LogP contribution < -0.4 is 16.0 Å². The summed E-state index contributed by atoms with van der Waals surface area (Å²) in [6, 6.07) is 13.7. The first kappa shape index (κ1) is 14.3. The van der Waals surface area contributed by atoms with E-state index in [0.717, 1.165) is 11.4 Å². The summed E-state index contributed by atoms with van der Waals surface area (Å²) >= 11 is 0. The maximum Gasteiger partial charge on any atom is 0.140 e. The highest BCUT2D eigenvalue weighted by molar-refractivity contribution is 5.38. The molecular weight excluding hydrogens is 250 g/mol. The lowest BCUT2D eigenvalue weighted by Crippen LogP contribution is -2.14. The molecule has 0 bridgehead atoms. The Balaban J connectivity index is 2.15. The summed E-state index contributed by atoms with van der Waals surface area (Å²) in [5, 5.41) is 0. The topological polar surface area (TPSA) is 60.2 Å². The summed E-state index contributed by atoms with van der Waals surface area (Å²) in [5.74, 6) is 6.88. The highest BCUT2D eigenvalue weighted by Crippen LogP contribution is 2.31. The molecular formula is C16H21N3O. The molecule has 20 heavy (non-hydrogen) atoms. The first-order valence-corrected chi connectivity index (χ1v) is 6.65. The van der Waals surface area contributed by atoms with Crippen molar-refractivity contribution in [3.05, 3.63) is 53.7 Å². The van der Waals surface area contributed by atoms with E-state index in [1.54, 1.807) is 0 Å². The van der Waals surface area contributed by atoms with Crippen molar-refractivity contribution >= 4 is 5.82 Å². The van der Waals surface area contributed by atoms with Gasteiger partial charge in [-0.2, -0.15) is 0 Å². The first-order valence-electron chi connectivity index (χ1n) is 6.65. The van der Waals surface area contributed by atoms with E-state index in [4.69, 9.17) is 10.6 Å². The van der Waals surface area contributed by atoms with Gasteiger partial charge in [0.2, 0.25) is 0 Å². The van der Waals surface area contributed by atoms with Crippen molar-refractivity contribution in [2.24, 2.45) is 5.84 Å². The lowest BCUT2D eigenvalue weighted by molar-refractivity contribution is 0.293. The highest BCUT2D eigenvalue weighted by Gasteiger charge is 2.18. The van der Waals surface area contributed by atoms with E-state index < -0.39 is 0 Å². The molecule has 4 heteroatoms. The van der Waals surface area contributed by atoms with Gasteiger partial charge in [-0.15, -0.1) is 0 Å².